The van der Waals surface area contributed by atoms with Gasteiger partial charge >= 0.3 is 6.09 Å². The summed E-state index contributed by atoms with van der Waals surface area (Å²) in [6.45, 7) is 5.98. The number of ether oxygens (including phenoxy) is 1. The first-order valence-electron chi connectivity index (χ1n) is 6.78. The van der Waals surface area contributed by atoms with Crippen LogP contribution in [-0.4, -0.2) is 29.2 Å². The van der Waals surface area contributed by atoms with Crippen molar-refractivity contribution in [3.8, 4) is 0 Å². The molecule has 1 aliphatic heterocycles. The van der Waals surface area contributed by atoms with Crippen LogP contribution in [0, 0.1) is 5.82 Å². The van der Waals surface area contributed by atoms with E-state index in [1.807, 2.05) is 20.8 Å². The Kier molecular flexibility index (Phi) is 3.99. The van der Waals surface area contributed by atoms with E-state index in [0.29, 0.717) is 18.5 Å². The lowest BCUT2D eigenvalue weighted by molar-refractivity contribution is 0.0218. The van der Waals surface area contributed by atoms with E-state index in [2.05, 4.69) is 0 Å². The zero-order chi connectivity index (χ0) is 14.9. The van der Waals surface area contributed by atoms with Gasteiger partial charge in [-0.1, -0.05) is 12.1 Å². The molecule has 0 bridgehead atoms. The number of carbonyl (C=O) groups is 1. The van der Waals surface area contributed by atoms with Gasteiger partial charge in [0.15, 0.2) is 0 Å². The Labute approximate surface area is 118 Å². The number of benzene rings is 1. The van der Waals surface area contributed by atoms with Gasteiger partial charge in [0.2, 0.25) is 0 Å². The lowest BCUT2D eigenvalue weighted by atomic mass is 10.0. The molecule has 1 aromatic rings. The minimum Gasteiger partial charge on any atom is -0.444 e. The van der Waals surface area contributed by atoms with Crippen molar-refractivity contribution in [2.24, 2.45) is 5.73 Å². The quantitative estimate of drug-likeness (QED) is 0.860. The standard InChI is InChI=1S/C15H21FN2O2/c1-15(2,3)20-14(19)18-8-7-12(17)13(18)10-5-4-6-11(16)9-10/h4-6,9,12-13H,7-8,17H2,1-3H3/t12-,13+/m0/s1. The van der Waals surface area contributed by atoms with Gasteiger partial charge in [-0.05, 0) is 44.9 Å². The average molecular weight is 280 g/mol. The second kappa shape index (κ2) is 5.40. The summed E-state index contributed by atoms with van der Waals surface area (Å²) in [6.07, 6.45) is 0.278. The van der Waals surface area contributed by atoms with E-state index < -0.39 is 11.7 Å². The number of nitrogens with zero attached hydrogens (tertiary/aromatic N) is 1. The Morgan fingerprint density at radius 3 is 2.75 bits per heavy atom. The summed E-state index contributed by atoms with van der Waals surface area (Å²) >= 11 is 0. The number of hydrogen-bond donors (Lipinski definition) is 1. The van der Waals surface area contributed by atoms with Crippen LogP contribution >= 0.6 is 0 Å². The second-order valence-electron chi connectivity index (χ2n) is 6.13. The number of amides is 1. The van der Waals surface area contributed by atoms with Crippen LogP contribution in [0.25, 0.3) is 0 Å². The molecule has 0 spiro atoms. The highest BCUT2D eigenvalue weighted by atomic mass is 19.1. The number of hydrogen-bond acceptors (Lipinski definition) is 3. The number of likely N-dealkylation sites (tertiary alicyclic amines) is 1. The minimum absolute atomic E-state index is 0.204. The van der Waals surface area contributed by atoms with Gasteiger partial charge in [0.05, 0.1) is 6.04 Å². The molecule has 1 saturated heterocycles. The van der Waals surface area contributed by atoms with Crippen molar-refractivity contribution in [3.05, 3.63) is 35.6 Å². The van der Waals surface area contributed by atoms with Crippen LogP contribution in [0.15, 0.2) is 24.3 Å². The molecule has 20 heavy (non-hydrogen) atoms. The van der Waals surface area contributed by atoms with Crippen molar-refractivity contribution in [1.29, 1.82) is 0 Å². The third-order valence-electron chi connectivity index (χ3n) is 3.26. The third kappa shape index (κ3) is 3.28. The smallest absolute Gasteiger partial charge is 0.410 e. The Bertz CT molecular complexity index is 499. The summed E-state index contributed by atoms with van der Waals surface area (Å²) in [7, 11) is 0. The molecule has 1 aliphatic rings. The molecular formula is C15H21FN2O2. The molecule has 1 amide bonds. The van der Waals surface area contributed by atoms with Crippen molar-refractivity contribution in [1.82, 2.24) is 4.90 Å². The van der Waals surface area contributed by atoms with Crippen LogP contribution in [0.3, 0.4) is 0 Å². The molecule has 110 valence electrons. The van der Waals surface area contributed by atoms with Crippen molar-refractivity contribution in [2.45, 2.75) is 44.9 Å². The SMILES string of the molecule is CC(C)(C)OC(=O)N1CC[C@H](N)[C@H]1c1cccc(F)c1. The van der Waals surface area contributed by atoms with Gasteiger partial charge < -0.3 is 10.5 Å². The largest absolute Gasteiger partial charge is 0.444 e. The predicted octanol–water partition coefficient (Wildman–Crippen LogP) is 2.83. The highest BCUT2D eigenvalue weighted by Crippen LogP contribution is 2.32. The molecule has 1 fully saturated rings. The van der Waals surface area contributed by atoms with Gasteiger partial charge in [0.1, 0.15) is 11.4 Å². The molecule has 0 radical (unpaired) electrons. The maximum Gasteiger partial charge on any atom is 0.410 e. The van der Waals surface area contributed by atoms with Crippen molar-refractivity contribution >= 4 is 6.09 Å². The number of rotatable bonds is 1. The first-order valence-corrected chi connectivity index (χ1v) is 6.78. The molecule has 2 atom stereocenters. The fourth-order valence-electron chi connectivity index (χ4n) is 2.46. The van der Waals surface area contributed by atoms with Gasteiger partial charge in [-0.2, -0.15) is 0 Å². The summed E-state index contributed by atoms with van der Waals surface area (Å²) in [5, 5.41) is 0. The second-order valence-corrected chi connectivity index (χ2v) is 6.13. The first-order chi connectivity index (χ1) is 9.28. The molecular weight excluding hydrogens is 259 g/mol. The summed E-state index contributed by atoms with van der Waals surface area (Å²) in [6, 6.07) is 5.68. The van der Waals surface area contributed by atoms with E-state index in [9.17, 15) is 9.18 Å². The molecule has 1 heterocycles. The van der Waals surface area contributed by atoms with Gasteiger partial charge in [0, 0.05) is 12.6 Å². The number of nitrogens with two attached hydrogens (primary N) is 1. The summed E-state index contributed by atoms with van der Waals surface area (Å²) < 4.78 is 18.8. The Hall–Kier alpha value is -1.62. The lowest BCUT2D eigenvalue weighted by Crippen LogP contribution is -2.39. The predicted molar refractivity (Wildman–Crippen MR) is 74.7 cm³/mol. The molecule has 2 N–H and O–H groups in total. The minimum atomic E-state index is -0.559. The van der Waals surface area contributed by atoms with Crippen LogP contribution in [-0.2, 0) is 4.74 Å². The maximum atomic E-state index is 13.4. The molecule has 5 heteroatoms. The highest BCUT2D eigenvalue weighted by Gasteiger charge is 2.38. The molecule has 0 saturated carbocycles. The fourth-order valence-corrected chi connectivity index (χ4v) is 2.46. The molecule has 0 aliphatic carbocycles. The Balaban J connectivity index is 2.23. The van der Waals surface area contributed by atoms with E-state index in [4.69, 9.17) is 10.5 Å². The van der Waals surface area contributed by atoms with Crippen molar-refractivity contribution < 1.29 is 13.9 Å². The fraction of sp³-hybridized carbons (Fsp3) is 0.533. The summed E-state index contributed by atoms with van der Waals surface area (Å²) in [5.41, 5.74) is 6.23. The topological polar surface area (TPSA) is 55.6 Å². The van der Waals surface area contributed by atoms with Crippen molar-refractivity contribution in [2.75, 3.05) is 6.54 Å². The molecule has 0 aromatic heterocycles. The van der Waals surface area contributed by atoms with E-state index in [-0.39, 0.29) is 17.9 Å². The maximum absolute atomic E-state index is 13.4. The number of carbonyl (C=O) groups excluding carboxylic acids is 1. The summed E-state index contributed by atoms with van der Waals surface area (Å²) in [4.78, 5) is 13.8. The van der Waals surface area contributed by atoms with Crippen molar-refractivity contribution in [3.63, 3.8) is 0 Å². The highest BCUT2D eigenvalue weighted by molar-refractivity contribution is 5.69. The monoisotopic (exact) mass is 280 g/mol. The van der Waals surface area contributed by atoms with Gasteiger partial charge in [-0.25, -0.2) is 9.18 Å². The Morgan fingerprint density at radius 1 is 1.45 bits per heavy atom. The normalized spacial score (nSPS) is 22.9. The molecule has 0 unspecified atom stereocenters. The van der Waals surface area contributed by atoms with E-state index in [1.54, 1.807) is 17.0 Å². The van der Waals surface area contributed by atoms with Crippen LogP contribution in [0.4, 0.5) is 9.18 Å². The van der Waals surface area contributed by atoms with Crippen LogP contribution in [0.5, 0.6) is 0 Å². The van der Waals surface area contributed by atoms with E-state index >= 15 is 0 Å². The third-order valence-corrected chi connectivity index (χ3v) is 3.26. The van der Waals surface area contributed by atoms with Gasteiger partial charge in [-0.15, -0.1) is 0 Å². The Morgan fingerprint density at radius 2 is 2.15 bits per heavy atom. The van der Waals surface area contributed by atoms with E-state index in [0.717, 1.165) is 0 Å². The lowest BCUT2D eigenvalue weighted by Gasteiger charge is -2.30. The van der Waals surface area contributed by atoms with Gasteiger partial charge in [0.25, 0.3) is 0 Å². The van der Waals surface area contributed by atoms with Gasteiger partial charge in [-0.3, -0.25) is 4.90 Å². The zero-order valence-corrected chi connectivity index (χ0v) is 12.1. The molecule has 1 aromatic carbocycles. The summed E-state index contributed by atoms with van der Waals surface area (Å²) in [5.74, 6) is -0.328. The molecule has 2 rings (SSSR count). The zero-order valence-electron chi connectivity index (χ0n) is 12.1. The average Bonchev–Trinajstić information content (AvgIpc) is 2.69. The van der Waals surface area contributed by atoms with Crippen LogP contribution < -0.4 is 5.73 Å². The van der Waals surface area contributed by atoms with Crippen LogP contribution in [0.1, 0.15) is 38.8 Å². The molecule has 4 nitrogen and oxygen atoms in total. The first kappa shape index (κ1) is 14.8. The van der Waals surface area contributed by atoms with E-state index in [1.165, 1.54) is 12.1 Å². The number of halogens is 1. The van der Waals surface area contributed by atoms with Crippen LogP contribution in [0.2, 0.25) is 0 Å².